The van der Waals surface area contributed by atoms with Crippen molar-refractivity contribution in [3.05, 3.63) is 41.3 Å². The van der Waals surface area contributed by atoms with Crippen LogP contribution in [0.4, 0.5) is 0 Å². The Morgan fingerprint density at radius 1 is 1.23 bits per heavy atom. The first-order valence-corrected chi connectivity index (χ1v) is 4.54. The van der Waals surface area contributed by atoms with E-state index in [4.69, 9.17) is 0 Å². The summed E-state index contributed by atoms with van der Waals surface area (Å²) in [5, 5.41) is 7.83. The predicted molar refractivity (Wildman–Crippen MR) is 53.0 cm³/mol. The molecule has 0 fully saturated rings. The molecule has 0 aromatic carbocycles. The standard InChI is InChI=1S/C9H6BrN3/c10-8-4-9(13-12-6-8)7-2-1-3-11-5-7/h1-6H. The zero-order valence-corrected chi connectivity index (χ0v) is 8.27. The molecule has 0 aliphatic rings. The average molecular weight is 236 g/mol. The van der Waals surface area contributed by atoms with E-state index in [2.05, 4.69) is 31.1 Å². The predicted octanol–water partition coefficient (Wildman–Crippen LogP) is 2.30. The topological polar surface area (TPSA) is 38.7 Å². The van der Waals surface area contributed by atoms with Crippen LogP contribution in [0.1, 0.15) is 0 Å². The number of hydrogen-bond donors (Lipinski definition) is 0. The van der Waals surface area contributed by atoms with Gasteiger partial charge >= 0.3 is 0 Å². The van der Waals surface area contributed by atoms with E-state index >= 15 is 0 Å². The Morgan fingerprint density at radius 3 is 2.85 bits per heavy atom. The van der Waals surface area contributed by atoms with Gasteiger partial charge in [0.1, 0.15) is 0 Å². The molecule has 2 aromatic heterocycles. The highest BCUT2D eigenvalue weighted by atomic mass is 79.9. The van der Waals surface area contributed by atoms with Crippen LogP contribution < -0.4 is 0 Å². The molecule has 0 atom stereocenters. The average Bonchev–Trinajstić information content (AvgIpc) is 2.19. The third kappa shape index (κ3) is 1.89. The second-order valence-electron chi connectivity index (χ2n) is 2.50. The Bertz CT molecular complexity index is 403. The lowest BCUT2D eigenvalue weighted by Gasteiger charge is -1.97. The summed E-state index contributed by atoms with van der Waals surface area (Å²) >= 11 is 3.34. The SMILES string of the molecule is Brc1cnnc(-c2cccnc2)c1. The summed E-state index contributed by atoms with van der Waals surface area (Å²) in [4.78, 5) is 4.01. The quantitative estimate of drug-likeness (QED) is 0.762. The highest BCUT2D eigenvalue weighted by Crippen LogP contribution is 2.17. The van der Waals surface area contributed by atoms with Gasteiger partial charge in [-0.3, -0.25) is 4.98 Å². The number of aromatic nitrogens is 3. The lowest BCUT2D eigenvalue weighted by Crippen LogP contribution is -1.86. The molecule has 2 rings (SSSR count). The number of hydrogen-bond acceptors (Lipinski definition) is 3. The molecule has 0 amide bonds. The van der Waals surface area contributed by atoms with Crippen LogP contribution in [0.25, 0.3) is 11.3 Å². The van der Waals surface area contributed by atoms with E-state index in [1.54, 1.807) is 18.6 Å². The first-order chi connectivity index (χ1) is 6.36. The Labute approximate surface area is 84.0 Å². The van der Waals surface area contributed by atoms with Crippen molar-refractivity contribution in [3.8, 4) is 11.3 Å². The fraction of sp³-hybridized carbons (Fsp3) is 0. The van der Waals surface area contributed by atoms with Crippen molar-refractivity contribution in [3.63, 3.8) is 0 Å². The zero-order valence-electron chi connectivity index (χ0n) is 6.68. The Balaban J connectivity index is 2.48. The molecule has 4 heteroatoms. The van der Waals surface area contributed by atoms with Crippen LogP contribution in [0.3, 0.4) is 0 Å². The first kappa shape index (κ1) is 8.31. The maximum Gasteiger partial charge on any atom is 0.0956 e. The second kappa shape index (κ2) is 3.62. The molecule has 0 radical (unpaired) electrons. The highest BCUT2D eigenvalue weighted by molar-refractivity contribution is 9.10. The molecule has 2 aromatic rings. The minimum absolute atomic E-state index is 0.822. The minimum Gasteiger partial charge on any atom is -0.264 e. The van der Waals surface area contributed by atoms with Gasteiger partial charge < -0.3 is 0 Å². The summed E-state index contributed by atoms with van der Waals surface area (Å²) in [6, 6.07) is 5.73. The van der Waals surface area contributed by atoms with Crippen molar-refractivity contribution in [2.75, 3.05) is 0 Å². The van der Waals surface area contributed by atoms with E-state index in [0.29, 0.717) is 0 Å². The van der Waals surface area contributed by atoms with Gasteiger partial charge in [0.05, 0.1) is 11.9 Å². The summed E-state index contributed by atoms with van der Waals surface area (Å²) in [7, 11) is 0. The first-order valence-electron chi connectivity index (χ1n) is 3.75. The molecular weight excluding hydrogens is 230 g/mol. The molecule has 13 heavy (non-hydrogen) atoms. The molecule has 0 bridgehead atoms. The molecule has 0 aliphatic heterocycles. The third-order valence-electron chi connectivity index (χ3n) is 1.58. The maximum absolute atomic E-state index is 4.01. The van der Waals surface area contributed by atoms with Crippen molar-refractivity contribution in [2.24, 2.45) is 0 Å². The maximum atomic E-state index is 4.01. The van der Waals surface area contributed by atoms with E-state index in [9.17, 15) is 0 Å². The lowest BCUT2D eigenvalue weighted by molar-refractivity contribution is 1.03. The van der Waals surface area contributed by atoms with Gasteiger partial charge in [0, 0.05) is 22.4 Å². The number of nitrogens with zero attached hydrogens (tertiary/aromatic N) is 3. The largest absolute Gasteiger partial charge is 0.264 e. The summed E-state index contributed by atoms with van der Waals surface area (Å²) in [5.74, 6) is 0. The van der Waals surface area contributed by atoms with Crippen LogP contribution in [0, 0.1) is 0 Å². The molecule has 3 nitrogen and oxygen atoms in total. The third-order valence-corrected chi connectivity index (χ3v) is 2.01. The smallest absolute Gasteiger partial charge is 0.0956 e. The van der Waals surface area contributed by atoms with Gasteiger partial charge in [0.2, 0.25) is 0 Å². The molecule has 0 unspecified atom stereocenters. The molecule has 64 valence electrons. The van der Waals surface area contributed by atoms with E-state index < -0.39 is 0 Å². The molecule has 2 heterocycles. The summed E-state index contributed by atoms with van der Waals surface area (Å²) in [6.45, 7) is 0. The minimum atomic E-state index is 0.822. The van der Waals surface area contributed by atoms with Crippen LogP contribution in [-0.2, 0) is 0 Å². The molecule has 0 aliphatic carbocycles. The monoisotopic (exact) mass is 235 g/mol. The molecule has 0 spiro atoms. The van der Waals surface area contributed by atoms with Crippen LogP contribution in [0.5, 0.6) is 0 Å². The van der Waals surface area contributed by atoms with Gasteiger partial charge in [-0.15, -0.1) is 0 Å². The Hall–Kier alpha value is -1.29. The van der Waals surface area contributed by atoms with Crippen LogP contribution in [-0.4, -0.2) is 15.2 Å². The second-order valence-corrected chi connectivity index (χ2v) is 3.42. The van der Waals surface area contributed by atoms with Crippen LogP contribution in [0.2, 0.25) is 0 Å². The lowest BCUT2D eigenvalue weighted by atomic mass is 10.2. The van der Waals surface area contributed by atoms with Crippen molar-refractivity contribution in [2.45, 2.75) is 0 Å². The summed E-state index contributed by atoms with van der Waals surface area (Å²) < 4.78 is 0.918. The van der Waals surface area contributed by atoms with Crippen LogP contribution >= 0.6 is 15.9 Å². The van der Waals surface area contributed by atoms with Gasteiger partial charge in [-0.05, 0) is 34.1 Å². The van der Waals surface area contributed by atoms with E-state index in [0.717, 1.165) is 15.7 Å². The molecule has 0 saturated heterocycles. The van der Waals surface area contributed by atoms with Crippen molar-refractivity contribution >= 4 is 15.9 Å². The summed E-state index contributed by atoms with van der Waals surface area (Å²) in [6.07, 6.45) is 5.14. The highest BCUT2D eigenvalue weighted by Gasteiger charge is 1.99. The van der Waals surface area contributed by atoms with Gasteiger partial charge in [0.25, 0.3) is 0 Å². The fourth-order valence-electron chi connectivity index (χ4n) is 0.998. The number of pyridine rings is 1. The zero-order chi connectivity index (χ0) is 9.10. The van der Waals surface area contributed by atoms with Crippen molar-refractivity contribution in [1.82, 2.24) is 15.2 Å². The Kier molecular flexibility index (Phi) is 2.31. The van der Waals surface area contributed by atoms with Gasteiger partial charge in [-0.1, -0.05) is 0 Å². The number of rotatable bonds is 1. The van der Waals surface area contributed by atoms with Crippen molar-refractivity contribution in [1.29, 1.82) is 0 Å². The number of halogens is 1. The Morgan fingerprint density at radius 2 is 2.15 bits per heavy atom. The summed E-state index contributed by atoms with van der Waals surface area (Å²) in [5.41, 5.74) is 1.79. The van der Waals surface area contributed by atoms with E-state index in [-0.39, 0.29) is 0 Å². The van der Waals surface area contributed by atoms with Gasteiger partial charge in [0.15, 0.2) is 0 Å². The van der Waals surface area contributed by atoms with Crippen LogP contribution in [0.15, 0.2) is 41.3 Å². The molecule has 0 N–H and O–H groups in total. The van der Waals surface area contributed by atoms with Gasteiger partial charge in [-0.25, -0.2) is 0 Å². The molecular formula is C9H6BrN3. The van der Waals surface area contributed by atoms with Gasteiger partial charge in [-0.2, -0.15) is 10.2 Å². The normalized spacial score (nSPS) is 9.92. The van der Waals surface area contributed by atoms with E-state index in [1.807, 2.05) is 18.2 Å². The fourth-order valence-corrected chi connectivity index (χ4v) is 1.31. The van der Waals surface area contributed by atoms with E-state index in [1.165, 1.54) is 0 Å². The van der Waals surface area contributed by atoms with Crippen molar-refractivity contribution < 1.29 is 0 Å². The molecule has 0 saturated carbocycles.